The third-order valence-electron chi connectivity index (χ3n) is 3.50. The van der Waals surface area contributed by atoms with Crippen LogP contribution >= 0.6 is 24.0 Å². The van der Waals surface area contributed by atoms with Crippen molar-refractivity contribution in [2.24, 2.45) is 11.7 Å². The molecule has 1 saturated carbocycles. The summed E-state index contributed by atoms with van der Waals surface area (Å²) in [5, 5.41) is 3.64. The number of amides is 1. The highest BCUT2D eigenvalue weighted by Gasteiger charge is 2.24. The summed E-state index contributed by atoms with van der Waals surface area (Å²) in [5.41, 5.74) is 6.84. The van der Waals surface area contributed by atoms with E-state index in [-0.39, 0.29) is 30.3 Å². The van der Waals surface area contributed by atoms with Gasteiger partial charge in [0, 0.05) is 23.5 Å². The maximum absolute atomic E-state index is 12.0. The van der Waals surface area contributed by atoms with Crippen molar-refractivity contribution in [2.75, 3.05) is 0 Å². The van der Waals surface area contributed by atoms with Gasteiger partial charge in [0.2, 0.25) is 5.91 Å². The average Bonchev–Trinajstić information content (AvgIpc) is 2.37. The van der Waals surface area contributed by atoms with Crippen molar-refractivity contribution in [2.45, 2.75) is 38.3 Å². The highest BCUT2D eigenvalue weighted by atomic mass is 35.5. The number of hydrogen-bond acceptors (Lipinski definition) is 2. The molecule has 0 radical (unpaired) electrons. The summed E-state index contributed by atoms with van der Waals surface area (Å²) in [6.45, 7) is 0.490. The van der Waals surface area contributed by atoms with E-state index in [9.17, 15) is 4.79 Å². The van der Waals surface area contributed by atoms with Gasteiger partial charge in [0.05, 0.1) is 0 Å². The first-order valence-electron chi connectivity index (χ1n) is 6.43. The fraction of sp³-hybridized carbons (Fsp3) is 0.500. The van der Waals surface area contributed by atoms with Gasteiger partial charge in [-0.05, 0) is 30.9 Å². The van der Waals surface area contributed by atoms with Crippen molar-refractivity contribution in [1.82, 2.24) is 5.32 Å². The molecule has 1 fully saturated rings. The van der Waals surface area contributed by atoms with E-state index in [1.54, 1.807) is 0 Å². The van der Waals surface area contributed by atoms with Crippen LogP contribution in [0, 0.1) is 5.92 Å². The Hall–Kier alpha value is -0.770. The van der Waals surface area contributed by atoms with Crippen molar-refractivity contribution in [3.05, 3.63) is 34.9 Å². The summed E-state index contributed by atoms with van der Waals surface area (Å²) in [5.74, 6) is 0.168. The Morgan fingerprint density at radius 1 is 1.37 bits per heavy atom. The lowest BCUT2D eigenvalue weighted by molar-refractivity contribution is -0.126. The Morgan fingerprint density at radius 2 is 2.11 bits per heavy atom. The van der Waals surface area contributed by atoms with Gasteiger partial charge in [-0.25, -0.2) is 0 Å². The normalized spacial score (nSPS) is 22.4. The van der Waals surface area contributed by atoms with Crippen LogP contribution in [0.15, 0.2) is 24.3 Å². The number of halogens is 2. The number of carbonyl (C=O) groups is 1. The van der Waals surface area contributed by atoms with Crippen molar-refractivity contribution in [3.8, 4) is 0 Å². The van der Waals surface area contributed by atoms with Crippen LogP contribution in [0.1, 0.15) is 31.2 Å². The van der Waals surface area contributed by atoms with Gasteiger partial charge in [0.15, 0.2) is 0 Å². The fourth-order valence-corrected chi connectivity index (χ4v) is 2.64. The molecule has 3 nitrogen and oxygen atoms in total. The molecule has 2 unspecified atom stereocenters. The van der Waals surface area contributed by atoms with Gasteiger partial charge in [0.1, 0.15) is 0 Å². The van der Waals surface area contributed by atoms with Gasteiger partial charge in [-0.2, -0.15) is 0 Å². The minimum atomic E-state index is 0. The average molecular weight is 303 g/mol. The lowest BCUT2D eigenvalue weighted by Crippen LogP contribution is -2.37. The van der Waals surface area contributed by atoms with Crippen LogP contribution in [0.5, 0.6) is 0 Å². The molecule has 3 N–H and O–H groups in total. The van der Waals surface area contributed by atoms with Crippen molar-refractivity contribution in [3.63, 3.8) is 0 Å². The molecule has 0 spiro atoms. The van der Waals surface area contributed by atoms with E-state index in [1.165, 1.54) is 0 Å². The van der Waals surface area contributed by atoms with Crippen LogP contribution in [-0.2, 0) is 11.3 Å². The van der Waals surface area contributed by atoms with Crippen LogP contribution in [0.4, 0.5) is 0 Å². The molecule has 106 valence electrons. The zero-order chi connectivity index (χ0) is 13.0. The highest BCUT2D eigenvalue weighted by molar-refractivity contribution is 6.31. The van der Waals surface area contributed by atoms with Crippen LogP contribution in [0.25, 0.3) is 0 Å². The number of rotatable bonds is 3. The Morgan fingerprint density at radius 3 is 2.79 bits per heavy atom. The van der Waals surface area contributed by atoms with Gasteiger partial charge in [-0.15, -0.1) is 12.4 Å². The molecular formula is C14H20Cl2N2O. The van der Waals surface area contributed by atoms with Crippen LogP contribution in [0.3, 0.4) is 0 Å². The van der Waals surface area contributed by atoms with E-state index in [1.807, 2.05) is 24.3 Å². The molecule has 0 saturated heterocycles. The van der Waals surface area contributed by atoms with Crippen molar-refractivity contribution < 1.29 is 4.79 Å². The third-order valence-corrected chi connectivity index (χ3v) is 3.87. The number of benzene rings is 1. The first kappa shape index (κ1) is 16.3. The minimum absolute atomic E-state index is 0. The molecule has 0 aromatic heterocycles. The molecule has 2 atom stereocenters. The summed E-state index contributed by atoms with van der Waals surface area (Å²) in [4.78, 5) is 12.0. The highest BCUT2D eigenvalue weighted by Crippen LogP contribution is 2.23. The summed E-state index contributed by atoms with van der Waals surface area (Å²) >= 11 is 6.05. The molecule has 1 amide bonds. The quantitative estimate of drug-likeness (QED) is 0.902. The molecule has 19 heavy (non-hydrogen) atoms. The van der Waals surface area contributed by atoms with Crippen LogP contribution < -0.4 is 11.1 Å². The van der Waals surface area contributed by atoms with Gasteiger partial charge >= 0.3 is 0 Å². The summed E-state index contributed by atoms with van der Waals surface area (Å²) in [6.07, 6.45) is 3.83. The maximum Gasteiger partial charge on any atom is 0.223 e. The monoisotopic (exact) mass is 302 g/mol. The predicted octanol–water partition coefficient (Wildman–Crippen LogP) is 2.90. The standard InChI is InChI=1S/C14H19ClN2O.ClH/c15-13-7-2-1-4-11(13)9-17-14(18)10-5-3-6-12(16)8-10;/h1-2,4,7,10,12H,3,5-6,8-9,16H2,(H,17,18);1H. The molecule has 0 heterocycles. The van der Waals surface area contributed by atoms with E-state index >= 15 is 0 Å². The van der Waals surface area contributed by atoms with E-state index < -0.39 is 0 Å². The van der Waals surface area contributed by atoms with Crippen LogP contribution in [0.2, 0.25) is 5.02 Å². The summed E-state index contributed by atoms with van der Waals surface area (Å²) < 4.78 is 0. The lowest BCUT2D eigenvalue weighted by Gasteiger charge is -2.25. The zero-order valence-corrected chi connectivity index (χ0v) is 12.3. The number of hydrogen-bond donors (Lipinski definition) is 2. The fourth-order valence-electron chi connectivity index (χ4n) is 2.43. The Balaban J connectivity index is 0.00000180. The predicted molar refractivity (Wildman–Crippen MR) is 80.5 cm³/mol. The molecule has 2 rings (SSSR count). The molecule has 1 aromatic rings. The second kappa shape index (κ2) is 7.73. The number of nitrogens with two attached hydrogens (primary N) is 1. The first-order valence-corrected chi connectivity index (χ1v) is 6.81. The topological polar surface area (TPSA) is 55.1 Å². The summed E-state index contributed by atoms with van der Waals surface area (Å²) in [7, 11) is 0. The smallest absolute Gasteiger partial charge is 0.223 e. The van der Waals surface area contributed by atoms with Gasteiger partial charge in [0.25, 0.3) is 0 Å². The first-order chi connectivity index (χ1) is 8.66. The molecule has 1 aromatic carbocycles. The molecule has 1 aliphatic carbocycles. The summed E-state index contributed by atoms with van der Waals surface area (Å²) in [6, 6.07) is 7.74. The lowest BCUT2D eigenvalue weighted by atomic mass is 9.85. The minimum Gasteiger partial charge on any atom is -0.352 e. The maximum atomic E-state index is 12.0. The molecule has 5 heteroatoms. The molecule has 0 aliphatic heterocycles. The van der Waals surface area contributed by atoms with Gasteiger partial charge in [-0.1, -0.05) is 36.2 Å². The van der Waals surface area contributed by atoms with Gasteiger partial charge < -0.3 is 11.1 Å². The van der Waals surface area contributed by atoms with Crippen molar-refractivity contribution in [1.29, 1.82) is 0 Å². The number of carbonyl (C=O) groups excluding carboxylic acids is 1. The second-order valence-corrected chi connectivity index (χ2v) is 5.34. The Bertz CT molecular complexity index is 426. The van der Waals surface area contributed by atoms with E-state index in [0.717, 1.165) is 31.2 Å². The Kier molecular flexibility index (Phi) is 6.63. The molecule has 1 aliphatic rings. The van der Waals surface area contributed by atoms with E-state index in [2.05, 4.69) is 5.32 Å². The van der Waals surface area contributed by atoms with E-state index in [4.69, 9.17) is 17.3 Å². The second-order valence-electron chi connectivity index (χ2n) is 4.93. The Labute approximate surface area is 125 Å². The SMILES string of the molecule is Cl.NC1CCCC(C(=O)NCc2ccccc2Cl)C1. The van der Waals surface area contributed by atoms with E-state index in [0.29, 0.717) is 11.6 Å². The van der Waals surface area contributed by atoms with Crippen LogP contribution in [-0.4, -0.2) is 11.9 Å². The molecular weight excluding hydrogens is 283 g/mol. The molecule has 0 bridgehead atoms. The third kappa shape index (κ3) is 4.68. The zero-order valence-electron chi connectivity index (χ0n) is 10.8. The largest absolute Gasteiger partial charge is 0.352 e. The number of nitrogens with one attached hydrogen (secondary N) is 1. The van der Waals surface area contributed by atoms with Crippen molar-refractivity contribution >= 4 is 29.9 Å². The van der Waals surface area contributed by atoms with Gasteiger partial charge in [-0.3, -0.25) is 4.79 Å².